The highest BCUT2D eigenvalue weighted by Crippen LogP contribution is 2.20. The van der Waals surface area contributed by atoms with Gasteiger partial charge in [-0.15, -0.1) is 0 Å². The Morgan fingerprint density at radius 1 is 1.10 bits per heavy atom. The summed E-state index contributed by atoms with van der Waals surface area (Å²) in [4.78, 5) is 16.5. The molecule has 6 heteroatoms. The fraction of sp³-hybridized carbons (Fsp3) is 0.400. The molecule has 1 aliphatic heterocycles. The number of hydrogen-bond donors (Lipinski definition) is 1. The number of nitrogens with one attached hydrogen (secondary N) is 1. The van der Waals surface area contributed by atoms with Crippen LogP contribution in [0.15, 0.2) is 38.4 Å². The summed E-state index contributed by atoms with van der Waals surface area (Å²) in [5.41, 5.74) is 4.65. The molecule has 2 aromatic rings. The first-order chi connectivity index (χ1) is 10.1. The Hall–Kier alpha value is -2.37. The van der Waals surface area contributed by atoms with Crippen molar-refractivity contribution in [2.45, 2.75) is 26.8 Å². The largest absolute Gasteiger partial charge is 0.342 e. The van der Waals surface area contributed by atoms with Crippen molar-refractivity contribution >= 4 is 28.1 Å². The van der Waals surface area contributed by atoms with Gasteiger partial charge < -0.3 is 4.98 Å². The summed E-state index contributed by atoms with van der Waals surface area (Å²) < 4.78 is 0. The summed E-state index contributed by atoms with van der Waals surface area (Å²) in [7, 11) is 0. The van der Waals surface area contributed by atoms with Crippen LogP contribution in [0.3, 0.4) is 0 Å². The molecule has 1 aromatic carbocycles. The molecule has 0 amide bonds. The van der Waals surface area contributed by atoms with Gasteiger partial charge in [0.2, 0.25) is 0 Å². The Morgan fingerprint density at radius 3 is 2.52 bits per heavy atom. The summed E-state index contributed by atoms with van der Waals surface area (Å²) in [5.74, 6) is 0.897. The maximum atomic E-state index is 4.45. The molecule has 0 saturated carbocycles. The van der Waals surface area contributed by atoms with E-state index >= 15 is 0 Å². The third-order valence-corrected chi connectivity index (χ3v) is 3.49. The highest BCUT2D eigenvalue weighted by Gasteiger charge is 2.16. The van der Waals surface area contributed by atoms with Gasteiger partial charge in [-0.2, -0.15) is 10.2 Å². The van der Waals surface area contributed by atoms with E-state index in [-0.39, 0.29) is 6.04 Å². The molecule has 0 radical (unpaired) electrons. The highest BCUT2D eigenvalue weighted by atomic mass is 15.1. The molecule has 0 saturated heterocycles. The lowest BCUT2D eigenvalue weighted by Crippen LogP contribution is -2.23. The summed E-state index contributed by atoms with van der Waals surface area (Å²) in [6, 6.07) is 5.67. The third kappa shape index (κ3) is 2.89. The maximum Gasteiger partial charge on any atom is 0.146 e. The number of aromatic nitrogens is 2. The zero-order chi connectivity index (χ0) is 14.8. The smallest absolute Gasteiger partial charge is 0.146 e. The van der Waals surface area contributed by atoms with Gasteiger partial charge in [0, 0.05) is 11.4 Å². The van der Waals surface area contributed by atoms with E-state index in [1.807, 2.05) is 39.0 Å². The standard InChI is InChI=1S/C15H18N6/c1-9-15(10(2)17-7-6-16-9)21-20-12-4-5-13-14(8-12)19-11(3)18-13/h4-5,8,15H,6-7H2,1-3H3,(H,18,19). The van der Waals surface area contributed by atoms with E-state index < -0.39 is 0 Å². The van der Waals surface area contributed by atoms with E-state index in [9.17, 15) is 0 Å². The first kappa shape index (κ1) is 13.6. The van der Waals surface area contributed by atoms with Gasteiger partial charge in [-0.05, 0) is 39.0 Å². The first-order valence-corrected chi connectivity index (χ1v) is 7.02. The average Bonchev–Trinajstić information content (AvgIpc) is 2.74. The molecule has 3 rings (SSSR count). The van der Waals surface area contributed by atoms with Gasteiger partial charge in [-0.25, -0.2) is 4.98 Å². The number of H-pyrrole nitrogens is 1. The van der Waals surface area contributed by atoms with Crippen molar-refractivity contribution < 1.29 is 0 Å². The molecular formula is C15H18N6. The molecule has 1 N–H and O–H groups in total. The molecular weight excluding hydrogens is 264 g/mol. The number of aromatic amines is 1. The Morgan fingerprint density at radius 2 is 1.81 bits per heavy atom. The predicted molar refractivity (Wildman–Crippen MR) is 85.1 cm³/mol. The van der Waals surface area contributed by atoms with Gasteiger partial charge in [-0.1, -0.05) is 0 Å². The van der Waals surface area contributed by atoms with E-state index in [2.05, 4.69) is 30.2 Å². The second kappa shape index (κ2) is 5.55. The second-order valence-corrected chi connectivity index (χ2v) is 5.19. The molecule has 0 aliphatic carbocycles. The lowest BCUT2D eigenvalue weighted by Gasteiger charge is -2.08. The van der Waals surface area contributed by atoms with Crippen LogP contribution in [0.4, 0.5) is 5.69 Å². The van der Waals surface area contributed by atoms with Crippen LogP contribution < -0.4 is 0 Å². The summed E-state index contributed by atoms with van der Waals surface area (Å²) in [6.45, 7) is 7.36. The molecule has 0 atom stereocenters. The number of fused-ring (bicyclic) bond motifs is 1. The van der Waals surface area contributed by atoms with Crippen LogP contribution in [0, 0.1) is 6.92 Å². The lowest BCUT2D eigenvalue weighted by molar-refractivity contribution is 0.983. The van der Waals surface area contributed by atoms with Gasteiger partial charge >= 0.3 is 0 Å². The van der Waals surface area contributed by atoms with Crippen molar-refractivity contribution in [3.05, 3.63) is 24.0 Å². The van der Waals surface area contributed by atoms with Crippen LogP contribution in [-0.4, -0.2) is 40.5 Å². The minimum atomic E-state index is -0.147. The molecule has 2 heterocycles. The minimum absolute atomic E-state index is 0.147. The molecule has 108 valence electrons. The van der Waals surface area contributed by atoms with Crippen LogP contribution >= 0.6 is 0 Å². The fourth-order valence-electron chi connectivity index (χ4n) is 2.41. The van der Waals surface area contributed by atoms with Crippen LogP contribution in [0.1, 0.15) is 19.7 Å². The fourth-order valence-corrected chi connectivity index (χ4v) is 2.41. The number of rotatable bonds is 2. The van der Waals surface area contributed by atoms with Gasteiger partial charge in [0.15, 0.2) is 0 Å². The zero-order valence-corrected chi connectivity index (χ0v) is 12.5. The van der Waals surface area contributed by atoms with Crippen molar-refractivity contribution in [3.63, 3.8) is 0 Å². The second-order valence-electron chi connectivity index (χ2n) is 5.19. The van der Waals surface area contributed by atoms with Gasteiger partial charge in [-0.3, -0.25) is 9.98 Å². The lowest BCUT2D eigenvalue weighted by atomic mass is 10.1. The highest BCUT2D eigenvalue weighted by molar-refractivity contribution is 6.09. The number of imidazole rings is 1. The number of nitrogens with zero attached hydrogens (tertiary/aromatic N) is 5. The Kier molecular flexibility index (Phi) is 3.60. The quantitative estimate of drug-likeness (QED) is 0.843. The Labute approximate surface area is 123 Å². The van der Waals surface area contributed by atoms with Gasteiger partial charge in [0.25, 0.3) is 0 Å². The molecule has 6 nitrogen and oxygen atoms in total. The maximum absolute atomic E-state index is 4.45. The Balaban J connectivity index is 1.89. The Bertz CT molecular complexity index is 733. The summed E-state index contributed by atoms with van der Waals surface area (Å²) >= 11 is 0. The normalized spacial score (nSPS) is 17.1. The molecule has 0 unspecified atom stereocenters. The number of benzene rings is 1. The van der Waals surface area contributed by atoms with E-state index in [1.54, 1.807) is 0 Å². The third-order valence-electron chi connectivity index (χ3n) is 3.49. The monoisotopic (exact) mass is 282 g/mol. The number of azo groups is 1. The topological polar surface area (TPSA) is 78.1 Å². The first-order valence-electron chi connectivity index (χ1n) is 7.02. The van der Waals surface area contributed by atoms with E-state index in [1.165, 1.54) is 0 Å². The van der Waals surface area contributed by atoms with Crippen molar-refractivity contribution in [1.82, 2.24) is 9.97 Å². The van der Waals surface area contributed by atoms with Crippen molar-refractivity contribution in [1.29, 1.82) is 0 Å². The van der Waals surface area contributed by atoms with Crippen molar-refractivity contribution in [3.8, 4) is 0 Å². The minimum Gasteiger partial charge on any atom is -0.342 e. The number of aryl methyl sites for hydroxylation is 1. The SMILES string of the molecule is CC1=NCCN=C(C)C1N=Nc1ccc2nc(C)[nH]c2c1. The van der Waals surface area contributed by atoms with E-state index in [4.69, 9.17) is 0 Å². The molecule has 0 bridgehead atoms. The van der Waals surface area contributed by atoms with Crippen LogP contribution in [-0.2, 0) is 0 Å². The van der Waals surface area contributed by atoms with Crippen molar-refractivity contribution in [2.75, 3.05) is 13.1 Å². The van der Waals surface area contributed by atoms with Crippen molar-refractivity contribution in [2.24, 2.45) is 20.2 Å². The number of aliphatic imine (C=N–C) groups is 2. The molecule has 1 aliphatic rings. The zero-order valence-electron chi connectivity index (χ0n) is 12.5. The summed E-state index contributed by atoms with van der Waals surface area (Å²) in [5, 5.41) is 8.77. The van der Waals surface area contributed by atoms with Gasteiger partial charge in [0.05, 0.1) is 29.8 Å². The van der Waals surface area contributed by atoms with Crippen LogP contribution in [0.5, 0.6) is 0 Å². The van der Waals surface area contributed by atoms with E-state index in [0.29, 0.717) is 0 Å². The molecule has 0 spiro atoms. The van der Waals surface area contributed by atoms with E-state index in [0.717, 1.165) is 47.1 Å². The average molecular weight is 282 g/mol. The van der Waals surface area contributed by atoms with Crippen LogP contribution in [0.2, 0.25) is 0 Å². The predicted octanol–water partition coefficient (Wildman–Crippen LogP) is 3.26. The van der Waals surface area contributed by atoms with Gasteiger partial charge in [0.1, 0.15) is 11.9 Å². The number of hydrogen-bond acceptors (Lipinski definition) is 5. The molecule has 0 fully saturated rings. The summed E-state index contributed by atoms with van der Waals surface area (Å²) in [6.07, 6.45) is 0. The molecule has 21 heavy (non-hydrogen) atoms. The van der Waals surface area contributed by atoms with Crippen LogP contribution in [0.25, 0.3) is 11.0 Å². The molecule has 1 aromatic heterocycles.